The number of nitrogen functional groups attached to an aromatic ring is 1. The van der Waals surface area contributed by atoms with Gasteiger partial charge in [0.15, 0.2) is 0 Å². The number of nitrogens with one attached hydrogen (secondary N) is 1. The summed E-state index contributed by atoms with van der Waals surface area (Å²) in [7, 11) is -3.57. The lowest BCUT2D eigenvalue weighted by atomic mass is 9.97. The second-order valence-corrected chi connectivity index (χ2v) is 7.58. The van der Waals surface area contributed by atoms with E-state index < -0.39 is 10.0 Å². The van der Waals surface area contributed by atoms with E-state index in [0.717, 1.165) is 32.5 Å². The van der Waals surface area contributed by atoms with Gasteiger partial charge in [0.05, 0.1) is 5.69 Å². The number of sulfonamides is 1. The Hall–Kier alpha value is -0.820. The molecule has 1 aliphatic heterocycles. The van der Waals surface area contributed by atoms with Gasteiger partial charge in [-0.25, -0.2) is 13.1 Å². The number of rotatable bonds is 5. The van der Waals surface area contributed by atoms with Crippen molar-refractivity contribution in [1.82, 2.24) is 9.62 Å². The largest absolute Gasteiger partial charge is 0.398 e. The van der Waals surface area contributed by atoms with E-state index in [0.29, 0.717) is 17.5 Å². The number of nitrogens with two attached hydrogens (primary N) is 1. The summed E-state index contributed by atoms with van der Waals surface area (Å²) in [4.78, 5) is 2.47. The van der Waals surface area contributed by atoms with Gasteiger partial charge in [-0.05, 0) is 56.6 Å². The number of halogens is 1. The molecule has 1 fully saturated rings. The summed E-state index contributed by atoms with van der Waals surface area (Å²) >= 11 is 5.79. The van der Waals surface area contributed by atoms with Gasteiger partial charge in [0, 0.05) is 11.6 Å². The van der Waals surface area contributed by atoms with E-state index in [1.807, 2.05) is 0 Å². The Labute approximate surface area is 131 Å². The van der Waals surface area contributed by atoms with E-state index in [-0.39, 0.29) is 10.6 Å². The molecule has 0 radical (unpaired) electrons. The van der Waals surface area contributed by atoms with Crippen LogP contribution in [0.4, 0.5) is 5.69 Å². The highest BCUT2D eigenvalue weighted by molar-refractivity contribution is 7.89. The van der Waals surface area contributed by atoms with Crippen LogP contribution in [0.2, 0.25) is 5.02 Å². The van der Waals surface area contributed by atoms with Crippen LogP contribution in [0.5, 0.6) is 0 Å². The molecule has 0 unspecified atom stereocenters. The van der Waals surface area contributed by atoms with Crippen molar-refractivity contribution in [3.8, 4) is 0 Å². The highest BCUT2D eigenvalue weighted by atomic mass is 35.5. The number of nitrogens with zero attached hydrogens (tertiary/aromatic N) is 1. The number of hydrogen-bond donors (Lipinski definition) is 2. The van der Waals surface area contributed by atoms with Crippen molar-refractivity contribution >= 4 is 27.3 Å². The van der Waals surface area contributed by atoms with Crippen molar-refractivity contribution in [3.63, 3.8) is 0 Å². The molecule has 1 heterocycles. The molecule has 0 atom stereocenters. The fourth-order valence-corrected chi connectivity index (χ4v) is 3.98. The van der Waals surface area contributed by atoms with Crippen molar-refractivity contribution in [3.05, 3.63) is 23.2 Å². The molecule has 1 aromatic carbocycles. The fraction of sp³-hybridized carbons (Fsp3) is 0.571. The summed E-state index contributed by atoms with van der Waals surface area (Å²) in [6.07, 6.45) is 2.04. The Morgan fingerprint density at radius 1 is 1.38 bits per heavy atom. The van der Waals surface area contributed by atoms with Crippen molar-refractivity contribution < 1.29 is 8.42 Å². The number of piperidine rings is 1. The lowest BCUT2D eigenvalue weighted by Gasteiger charge is -2.31. The van der Waals surface area contributed by atoms with Crippen LogP contribution >= 0.6 is 11.6 Å². The van der Waals surface area contributed by atoms with E-state index in [1.165, 1.54) is 18.2 Å². The van der Waals surface area contributed by atoms with Crippen molar-refractivity contribution in [2.75, 3.05) is 31.9 Å². The van der Waals surface area contributed by atoms with Crippen LogP contribution < -0.4 is 10.5 Å². The molecule has 2 rings (SSSR count). The maximum atomic E-state index is 12.3. The Balaban J connectivity index is 1.96. The van der Waals surface area contributed by atoms with Crippen molar-refractivity contribution in [2.24, 2.45) is 5.92 Å². The molecule has 1 aromatic rings. The predicted octanol–water partition coefficient (Wildman–Crippen LogP) is 1.93. The Bertz CT molecular complexity index is 584. The minimum Gasteiger partial charge on any atom is -0.398 e. The number of hydrogen-bond acceptors (Lipinski definition) is 4. The molecular formula is C14H22ClN3O2S. The third-order valence-corrected chi connectivity index (χ3v) is 5.71. The maximum Gasteiger partial charge on any atom is 0.242 e. The van der Waals surface area contributed by atoms with Crippen molar-refractivity contribution in [2.45, 2.75) is 24.7 Å². The molecule has 21 heavy (non-hydrogen) atoms. The standard InChI is InChI=1S/C14H22ClN3O2S/c1-2-18-7-5-11(6-8-18)10-17-21(19,20)14-4-3-12(15)9-13(14)16/h3-4,9,11,17H,2,5-8,10,16H2,1H3. The molecule has 0 aliphatic carbocycles. The number of likely N-dealkylation sites (tertiary alicyclic amines) is 1. The van der Waals surface area contributed by atoms with Gasteiger partial charge in [0.2, 0.25) is 10.0 Å². The van der Waals surface area contributed by atoms with E-state index in [4.69, 9.17) is 17.3 Å². The topological polar surface area (TPSA) is 75.4 Å². The van der Waals surface area contributed by atoms with Gasteiger partial charge in [-0.15, -0.1) is 0 Å². The number of anilines is 1. The first-order valence-electron chi connectivity index (χ1n) is 7.19. The summed E-state index contributed by atoms with van der Waals surface area (Å²) < 4.78 is 27.2. The summed E-state index contributed by atoms with van der Waals surface area (Å²) in [5, 5.41) is 0.429. The van der Waals surface area contributed by atoms with E-state index >= 15 is 0 Å². The maximum absolute atomic E-state index is 12.3. The zero-order valence-corrected chi connectivity index (χ0v) is 13.8. The summed E-state index contributed by atoms with van der Waals surface area (Å²) in [6.45, 7) is 5.73. The first-order chi connectivity index (χ1) is 9.92. The van der Waals surface area contributed by atoms with Crippen LogP contribution in [-0.4, -0.2) is 39.5 Å². The van der Waals surface area contributed by atoms with Crippen LogP contribution in [0.1, 0.15) is 19.8 Å². The average molecular weight is 332 g/mol. The van der Waals surface area contributed by atoms with E-state index in [9.17, 15) is 8.42 Å². The second kappa shape index (κ2) is 6.96. The zero-order chi connectivity index (χ0) is 15.5. The zero-order valence-electron chi connectivity index (χ0n) is 12.2. The van der Waals surface area contributed by atoms with Crippen molar-refractivity contribution in [1.29, 1.82) is 0 Å². The molecule has 118 valence electrons. The smallest absolute Gasteiger partial charge is 0.242 e. The lowest BCUT2D eigenvalue weighted by molar-refractivity contribution is 0.194. The SMILES string of the molecule is CCN1CCC(CNS(=O)(=O)c2ccc(Cl)cc2N)CC1. The molecule has 1 aliphatic rings. The molecule has 0 spiro atoms. The minimum absolute atomic E-state index is 0.0953. The van der Waals surface area contributed by atoms with Gasteiger partial charge in [-0.3, -0.25) is 0 Å². The number of benzene rings is 1. The minimum atomic E-state index is -3.57. The molecule has 0 aromatic heterocycles. The van der Waals surface area contributed by atoms with Gasteiger partial charge >= 0.3 is 0 Å². The third kappa shape index (κ3) is 4.32. The van der Waals surface area contributed by atoms with Gasteiger partial charge in [-0.1, -0.05) is 18.5 Å². The molecular weight excluding hydrogens is 310 g/mol. The highest BCUT2D eigenvalue weighted by Crippen LogP contribution is 2.23. The highest BCUT2D eigenvalue weighted by Gasteiger charge is 2.22. The first-order valence-corrected chi connectivity index (χ1v) is 9.05. The Morgan fingerprint density at radius 2 is 2.05 bits per heavy atom. The average Bonchev–Trinajstić information content (AvgIpc) is 2.45. The molecule has 0 saturated carbocycles. The van der Waals surface area contributed by atoms with E-state index in [1.54, 1.807) is 0 Å². The summed E-state index contributed by atoms with van der Waals surface area (Å²) in [5.41, 5.74) is 5.92. The molecule has 7 heteroatoms. The van der Waals surface area contributed by atoms with Gasteiger partial charge in [0.25, 0.3) is 0 Å². The van der Waals surface area contributed by atoms with Crippen LogP contribution in [0.25, 0.3) is 0 Å². The van der Waals surface area contributed by atoms with E-state index in [2.05, 4.69) is 16.5 Å². The molecule has 3 N–H and O–H groups in total. The Kier molecular flexibility index (Phi) is 5.48. The van der Waals surface area contributed by atoms with Crippen LogP contribution in [0.15, 0.2) is 23.1 Å². The fourth-order valence-electron chi connectivity index (χ4n) is 2.58. The van der Waals surface area contributed by atoms with Crippen LogP contribution in [-0.2, 0) is 10.0 Å². The van der Waals surface area contributed by atoms with Crippen LogP contribution in [0, 0.1) is 5.92 Å². The first kappa shape index (κ1) is 16.5. The molecule has 5 nitrogen and oxygen atoms in total. The normalized spacial score (nSPS) is 18.0. The van der Waals surface area contributed by atoms with Crippen LogP contribution in [0.3, 0.4) is 0 Å². The molecule has 0 amide bonds. The lowest BCUT2D eigenvalue weighted by Crippen LogP contribution is -2.38. The van der Waals surface area contributed by atoms with Gasteiger partial charge in [-0.2, -0.15) is 0 Å². The molecule has 0 bridgehead atoms. The molecule has 1 saturated heterocycles. The second-order valence-electron chi connectivity index (χ2n) is 5.41. The van der Waals surface area contributed by atoms with Gasteiger partial charge < -0.3 is 10.6 Å². The summed E-state index contributed by atoms with van der Waals surface area (Å²) in [6, 6.07) is 4.43. The quantitative estimate of drug-likeness (QED) is 0.808. The predicted molar refractivity (Wildman–Crippen MR) is 85.9 cm³/mol. The third-order valence-electron chi connectivity index (χ3n) is 3.98. The Morgan fingerprint density at radius 3 is 2.62 bits per heavy atom. The summed E-state index contributed by atoms with van der Waals surface area (Å²) in [5.74, 6) is 0.385. The monoisotopic (exact) mass is 331 g/mol. The van der Waals surface area contributed by atoms with Gasteiger partial charge in [0.1, 0.15) is 4.90 Å².